The molecule has 0 unspecified atom stereocenters. The molecule has 1 saturated heterocycles. The second kappa shape index (κ2) is 9.11. The quantitative estimate of drug-likeness (QED) is 0.607. The van der Waals surface area contributed by atoms with Gasteiger partial charge in [-0.1, -0.05) is 35.6 Å². The maximum atomic E-state index is 13.5. The molecule has 1 aliphatic heterocycles. The van der Waals surface area contributed by atoms with Gasteiger partial charge < -0.3 is 4.90 Å². The molecule has 0 aliphatic carbocycles. The van der Waals surface area contributed by atoms with Gasteiger partial charge >= 0.3 is 4.87 Å². The Hall–Kier alpha value is -2.84. The lowest BCUT2D eigenvalue weighted by Gasteiger charge is -2.40. The van der Waals surface area contributed by atoms with Crippen LogP contribution in [-0.4, -0.2) is 46.5 Å². The zero-order valence-electron chi connectivity index (χ0n) is 17.1. The lowest BCUT2D eigenvalue weighted by atomic mass is 9.96. The van der Waals surface area contributed by atoms with Crippen LogP contribution < -0.4 is 4.87 Å². The molecule has 0 N–H and O–H groups in total. The van der Waals surface area contributed by atoms with Crippen LogP contribution in [0, 0.1) is 18.6 Å². The van der Waals surface area contributed by atoms with Crippen LogP contribution in [0.1, 0.15) is 22.9 Å². The summed E-state index contributed by atoms with van der Waals surface area (Å²) in [5.41, 5.74) is 2.61. The van der Waals surface area contributed by atoms with E-state index in [2.05, 4.69) is 4.90 Å². The molecule has 0 radical (unpaired) electrons. The number of carbonyl (C=O) groups is 1. The Labute approximate surface area is 183 Å². The fourth-order valence-electron chi connectivity index (χ4n) is 3.97. The van der Waals surface area contributed by atoms with Gasteiger partial charge in [-0.15, -0.1) is 0 Å². The van der Waals surface area contributed by atoms with E-state index in [9.17, 15) is 18.4 Å². The van der Waals surface area contributed by atoms with Crippen molar-refractivity contribution in [2.45, 2.75) is 19.5 Å². The largest absolute Gasteiger partial charge is 0.339 e. The Kier molecular flexibility index (Phi) is 6.29. The Morgan fingerprint density at radius 3 is 1.90 bits per heavy atom. The van der Waals surface area contributed by atoms with Crippen molar-refractivity contribution in [2.24, 2.45) is 0 Å². The van der Waals surface area contributed by atoms with Crippen molar-refractivity contribution in [1.82, 2.24) is 14.4 Å². The second-order valence-corrected chi connectivity index (χ2v) is 8.47. The fourth-order valence-corrected chi connectivity index (χ4v) is 4.70. The molecule has 8 heteroatoms. The highest BCUT2D eigenvalue weighted by Crippen LogP contribution is 2.30. The van der Waals surface area contributed by atoms with Crippen molar-refractivity contribution in [3.05, 3.63) is 92.0 Å². The van der Waals surface area contributed by atoms with Crippen LogP contribution >= 0.6 is 11.3 Å². The third kappa shape index (κ3) is 4.75. The van der Waals surface area contributed by atoms with Crippen molar-refractivity contribution in [3.8, 4) is 0 Å². The molecule has 0 atom stereocenters. The molecule has 3 aromatic rings. The minimum absolute atomic E-state index is 0.0491. The maximum Gasteiger partial charge on any atom is 0.307 e. The molecule has 2 aromatic carbocycles. The summed E-state index contributed by atoms with van der Waals surface area (Å²) in [6.07, 6.45) is 0. The number of nitrogens with zero attached hydrogens (tertiary/aromatic N) is 3. The fraction of sp³-hybridized carbons (Fsp3) is 0.304. The summed E-state index contributed by atoms with van der Waals surface area (Å²) >= 11 is 1.10. The third-order valence-corrected chi connectivity index (χ3v) is 6.55. The molecule has 2 heterocycles. The van der Waals surface area contributed by atoms with E-state index in [0.717, 1.165) is 28.2 Å². The van der Waals surface area contributed by atoms with Crippen molar-refractivity contribution in [2.75, 3.05) is 26.2 Å². The number of thiazole rings is 1. The number of carbonyl (C=O) groups excluding carboxylic acids is 1. The van der Waals surface area contributed by atoms with Crippen LogP contribution in [0.4, 0.5) is 8.78 Å². The Morgan fingerprint density at radius 2 is 1.45 bits per heavy atom. The number of rotatable bonds is 5. The SMILES string of the molecule is Cc1csc(=O)n1CC(=O)N1CCN(C(c2ccc(F)cc2)c2ccc(F)cc2)CC1. The topological polar surface area (TPSA) is 45.6 Å². The van der Waals surface area contributed by atoms with Crippen molar-refractivity contribution in [3.63, 3.8) is 0 Å². The van der Waals surface area contributed by atoms with Crippen molar-refractivity contribution >= 4 is 17.2 Å². The number of hydrogen-bond donors (Lipinski definition) is 0. The maximum absolute atomic E-state index is 13.5. The Balaban J connectivity index is 1.49. The number of aromatic nitrogens is 1. The van der Waals surface area contributed by atoms with Crippen LogP contribution in [-0.2, 0) is 11.3 Å². The first-order chi connectivity index (χ1) is 14.9. The van der Waals surface area contributed by atoms with E-state index in [-0.39, 0.29) is 35.0 Å². The zero-order valence-corrected chi connectivity index (χ0v) is 17.9. The minimum Gasteiger partial charge on any atom is -0.339 e. The van der Waals surface area contributed by atoms with Crippen LogP contribution in [0.2, 0.25) is 0 Å². The molecule has 1 aliphatic rings. The highest BCUT2D eigenvalue weighted by molar-refractivity contribution is 7.07. The lowest BCUT2D eigenvalue weighted by molar-refractivity contribution is -0.133. The Morgan fingerprint density at radius 1 is 0.935 bits per heavy atom. The molecule has 4 rings (SSSR count). The van der Waals surface area contributed by atoms with E-state index in [1.807, 2.05) is 6.92 Å². The lowest BCUT2D eigenvalue weighted by Crippen LogP contribution is -2.50. The predicted molar refractivity (Wildman–Crippen MR) is 116 cm³/mol. The minimum atomic E-state index is -0.309. The van der Waals surface area contributed by atoms with Gasteiger partial charge in [-0.3, -0.25) is 19.1 Å². The van der Waals surface area contributed by atoms with Gasteiger partial charge in [0.1, 0.15) is 18.2 Å². The average Bonchev–Trinajstić information content (AvgIpc) is 3.09. The van der Waals surface area contributed by atoms with Crippen LogP contribution in [0.3, 0.4) is 0 Å². The summed E-state index contributed by atoms with van der Waals surface area (Å²) in [7, 11) is 0. The summed E-state index contributed by atoms with van der Waals surface area (Å²) in [6.45, 7) is 4.14. The summed E-state index contributed by atoms with van der Waals surface area (Å²) in [6, 6.07) is 12.5. The number of benzene rings is 2. The van der Waals surface area contributed by atoms with Crippen LogP contribution in [0.5, 0.6) is 0 Å². The van der Waals surface area contributed by atoms with E-state index in [0.29, 0.717) is 26.2 Å². The van der Waals surface area contributed by atoms with E-state index >= 15 is 0 Å². The summed E-state index contributed by atoms with van der Waals surface area (Å²) < 4.78 is 28.4. The van der Waals surface area contributed by atoms with Crippen LogP contribution in [0.15, 0.2) is 58.7 Å². The number of aryl methyl sites for hydroxylation is 1. The van der Waals surface area contributed by atoms with Gasteiger partial charge in [-0.25, -0.2) is 8.78 Å². The molecule has 1 fully saturated rings. The van der Waals surface area contributed by atoms with Gasteiger partial charge in [0.15, 0.2) is 0 Å². The molecular weight excluding hydrogens is 420 g/mol. The van der Waals surface area contributed by atoms with Crippen molar-refractivity contribution < 1.29 is 13.6 Å². The average molecular weight is 444 g/mol. The summed E-state index contributed by atoms with van der Waals surface area (Å²) in [4.78, 5) is 28.5. The monoisotopic (exact) mass is 443 g/mol. The highest BCUT2D eigenvalue weighted by Gasteiger charge is 2.28. The third-order valence-electron chi connectivity index (χ3n) is 5.67. The van der Waals surface area contributed by atoms with Gasteiger partial charge in [0.2, 0.25) is 5.91 Å². The van der Waals surface area contributed by atoms with Gasteiger partial charge in [-0.2, -0.15) is 0 Å². The molecule has 31 heavy (non-hydrogen) atoms. The number of halogens is 2. The molecule has 5 nitrogen and oxygen atoms in total. The standard InChI is InChI=1S/C23H23F2N3O2S/c1-16-15-31-23(30)28(16)14-21(29)26-10-12-27(13-11-26)22(17-2-6-19(24)7-3-17)18-4-8-20(25)9-5-18/h2-9,15,22H,10-14H2,1H3. The number of amides is 1. The first-order valence-corrected chi connectivity index (χ1v) is 11.0. The van der Waals surface area contributed by atoms with Gasteiger partial charge in [-0.05, 0) is 42.3 Å². The highest BCUT2D eigenvalue weighted by atomic mass is 32.1. The first kappa shape index (κ1) is 21.4. The molecule has 0 saturated carbocycles. The van der Waals surface area contributed by atoms with Crippen molar-refractivity contribution in [1.29, 1.82) is 0 Å². The Bertz CT molecular complexity index is 1060. The molecule has 1 amide bonds. The van der Waals surface area contributed by atoms with Gasteiger partial charge in [0, 0.05) is 37.3 Å². The van der Waals surface area contributed by atoms with E-state index < -0.39 is 0 Å². The second-order valence-electron chi connectivity index (χ2n) is 7.65. The van der Waals surface area contributed by atoms with E-state index in [1.165, 1.54) is 28.8 Å². The first-order valence-electron chi connectivity index (χ1n) is 10.1. The number of hydrogen-bond acceptors (Lipinski definition) is 4. The molecular formula is C23H23F2N3O2S. The summed E-state index contributed by atoms with van der Waals surface area (Å²) in [5, 5.41) is 1.75. The van der Waals surface area contributed by atoms with Gasteiger partial charge in [0.05, 0.1) is 6.04 Å². The van der Waals surface area contributed by atoms with E-state index in [1.54, 1.807) is 34.5 Å². The molecule has 0 spiro atoms. The smallest absolute Gasteiger partial charge is 0.307 e. The zero-order chi connectivity index (χ0) is 22.0. The van der Waals surface area contributed by atoms with Gasteiger partial charge in [0.25, 0.3) is 0 Å². The van der Waals surface area contributed by atoms with Crippen LogP contribution in [0.25, 0.3) is 0 Å². The summed E-state index contributed by atoms with van der Waals surface area (Å²) in [5.74, 6) is -0.699. The molecule has 0 bridgehead atoms. The number of piperazine rings is 1. The molecule has 1 aromatic heterocycles. The predicted octanol–water partition coefficient (Wildman–Crippen LogP) is 3.43. The molecule has 162 valence electrons. The normalized spacial score (nSPS) is 14.9. The van der Waals surface area contributed by atoms with E-state index in [4.69, 9.17) is 0 Å².